The van der Waals surface area contributed by atoms with Crippen LogP contribution in [0, 0.1) is 0 Å². The van der Waals surface area contributed by atoms with Crippen molar-refractivity contribution in [1.82, 2.24) is 5.32 Å². The molecule has 4 heteroatoms. The fourth-order valence-electron chi connectivity index (χ4n) is 0.446. The van der Waals surface area contributed by atoms with E-state index in [1.54, 1.807) is 0 Å². The van der Waals surface area contributed by atoms with Crippen molar-refractivity contribution in [3.05, 3.63) is 0 Å². The molecule has 0 spiro atoms. The number of nitrogens with two attached hydrogens (primary N) is 1. The average molecular weight is 177 g/mol. The molecule has 2 nitrogen and oxygen atoms in total. The second-order valence-electron chi connectivity index (χ2n) is 1.60. The Kier molecular flexibility index (Phi) is 28.5. The monoisotopic (exact) mass is 176 g/mol. The summed E-state index contributed by atoms with van der Waals surface area (Å²) in [6.45, 7) is 1.92. The van der Waals surface area contributed by atoms with E-state index in [1.165, 1.54) is 6.42 Å². The van der Waals surface area contributed by atoms with Gasteiger partial charge < -0.3 is 11.1 Å². The third-order valence-corrected chi connectivity index (χ3v) is 0.881. The minimum Gasteiger partial charge on any atom is -0.330 e. The van der Waals surface area contributed by atoms with E-state index in [2.05, 4.69) is 5.32 Å². The highest BCUT2D eigenvalue weighted by molar-refractivity contribution is 5.85. The second kappa shape index (κ2) is 15.8. The summed E-state index contributed by atoms with van der Waals surface area (Å²) >= 11 is 0. The van der Waals surface area contributed by atoms with Crippen molar-refractivity contribution >= 4 is 24.8 Å². The molecule has 0 aromatic carbocycles. The van der Waals surface area contributed by atoms with E-state index in [4.69, 9.17) is 5.73 Å². The number of halogens is 2. The predicted molar refractivity (Wildman–Crippen MR) is 46.7 cm³/mol. The van der Waals surface area contributed by atoms with Crippen LogP contribution in [-0.4, -0.2) is 20.1 Å². The standard InChI is InChI=1S/C5H14N2.2ClH/c1-7-5-3-2-4-6;;/h7H,2-6H2,1H3;2*1H/i1+1,7+1;;. The molecule has 0 heterocycles. The van der Waals surface area contributed by atoms with Crippen LogP contribution in [-0.2, 0) is 0 Å². The first-order chi connectivity index (χ1) is 3.41. The summed E-state index contributed by atoms with van der Waals surface area (Å²) in [4.78, 5) is 0. The fourth-order valence-corrected chi connectivity index (χ4v) is 0.446. The second-order valence-corrected chi connectivity index (χ2v) is 1.60. The maximum atomic E-state index is 5.24. The molecule has 0 bridgehead atoms. The van der Waals surface area contributed by atoms with Gasteiger partial charge in [0.2, 0.25) is 0 Å². The van der Waals surface area contributed by atoms with Gasteiger partial charge in [-0.3, -0.25) is 0 Å². The lowest BCUT2D eigenvalue weighted by molar-refractivity contribution is 0.684. The number of rotatable bonds is 4. The molecule has 0 atom stereocenters. The van der Waals surface area contributed by atoms with E-state index in [1.807, 2.05) is 7.05 Å². The van der Waals surface area contributed by atoms with E-state index in [0.717, 1.165) is 19.5 Å². The van der Waals surface area contributed by atoms with E-state index in [0.29, 0.717) is 0 Å². The number of hydrogen-bond donors (Lipinski definition) is 2. The van der Waals surface area contributed by atoms with Crippen LogP contribution in [0.1, 0.15) is 12.8 Å². The summed E-state index contributed by atoms with van der Waals surface area (Å²) in [5.74, 6) is 0. The summed E-state index contributed by atoms with van der Waals surface area (Å²) in [5.41, 5.74) is 5.24. The van der Waals surface area contributed by atoms with Gasteiger partial charge in [0, 0.05) is 0 Å². The molecule has 0 unspecified atom stereocenters. The van der Waals surface area contributed by atoms with Crippen molar-refractivity contribution < 1.29 is 0 Å². The van der Waals surface area contributed by atoms with Crippen LogP contribution in [0.2, 0.25) is 0 Å². The summed E-state index contributed by atoms with van der Waals surface area (Å²) in [6.07, 6.45) is 2.34. The van der Waals surface area contributed by atoms with Crippen molar-refractivity contribution in [1.29, 1.82) is 0 Å². The van der Waals surface area contributed by atoms with Crippen LogP contribution in [0.3, 0.4) is 0 Å². The Morgan fingerprint density at radius 1 is 1.22 bits per heavy atom. The van der Waals surface area contributed by atoms with Gasteiger partial charge in [-0.05, 0) is 33.0 Å². The lowest BCUT2D eigenvalue weighted by Gasteiger charge is -1.93. The summed E-state index contributed by atoms with van der Waals surface area (Å²) in [5, 5.41) is 3.05. The molecular weight excluding hydrogens is 161 g/mol. The minimum absolute atomic E-state index is 0. The van der Waals surface area contributed by atoms with E-state index < -0.39 is 0 Å². The van der Waals surface area contributed by atoms with Gasteiger partial charge in [0.05, 0.1) is 0 Å². The molecule has 0 aromatic heterocycles. The van der Waals surface area contributed by atoms with Crippen LogP contribution in [0.5, 0.6) is 0 Å². The molecular formula is C5H16Cl2N2. The van der Waals surface area contributed by atoms with Crippen molar-refractivity contribution in [3.8, 4) is 0 Å². The zero-order valence-corrected chi connectivity index (χ0v) is 7.36. The predicted octanol–water partition coefficient (Wildman–Crippen LogP) is 0.788. The Labute approximate surface area is 69.4 Å². The lowest BCUT2D eigenvalue weighted by atomic mass is 10.3. The Bertz CT molecular complexity index is 32.1. The maximum Gasteiger partial charge on any atom is -0.00515 e. The molecule has 0 fully saturated rings. The summed E-state index contributed by atoms with van der Waals surface area (Å²) in [7, 11) is 1.95. The van der Waals surface area contributed by atoms with Crippen molar-refractivity contribution in [2.45, 2.75) is 12.8 Å². The van der Waals surface area contributed by atoms with E-state index >= 15 is 0 Å². The molecule has 0 rings (SSSR count). The Morgan fingerprint density at radius 2 is 1.78 bits per heavy atom. The largest absolute Gasteiger partial charge is 0.330 e. The summed E-state index contributed by atoms with van der Waals surface area (Å²) in [6, 6.07) is 0. The van der Waals surface area contributed by atoms with Crippen LogP contribution >= 0.6 is 24.8 Å². The molecule has 60 valence electrons. The van der Waals surface area contributed by atoms with Gasteiger partial charge in [-0.15, -0.1) is 24.8 Å². The minimum atomic E-state index is 0. The molecule has 0 radical (unpaired) electrons. The van der Waals surface area contributed by atoms with Gasteiger partial charge in [-0.1, -0.05) is 0 Å². The van der Waals surface area contributed by atoms with Crippen LogP contribution < -0.4 is 11.1 Å². The molecule has 9 heavy (non-hydrogen) atoms. The van der Waals surface area contributed by atoms with Crippen molar-refractivity contribution in [2.75, 3.05) is 20.1 Å². The number of nitrogens with one attached hydrogen (secondary N) is 1. The molecule has 0 saturated heterocycles. The smallest absolute Gasteiger partial charge is 0.00515 e. The van der Waals surface area contributed by atoms with E-state index in [-0.39, 0.29) is 24.8 Å². The molecule has 0 aliphatic carbocycles. The highest BCUT2D eigenvalue weighted by Crippen LogP contribution is 1.79. The lowest BCUT2D eigenvalue weighted by Crippen LogP contribution is -2.09. The third-order valence-electron chi connectivity index (χ3n) is 0.881. The SMILES string of the molecule is Cl.Cl.[13CH3][15NH]CCCCN. The molecule has 0 aromatic rings. The van der Waals surface area contributed by atoms with Gasteiger partial charge in [0.25, 0.3) is 0 Å². The van der Waals surface area contributed by atoms with Gasteiger partial charge in [-0.25, -0.2) is 0 Å². The third kappa shape index (κ3) is 17.7. The quantitative estimate of drug-likeness (QED) is 0.378. The Morgan fingerprint density at radius 3 is 2.11 bits per heavy atom. The Balaban J connectivity index is -0.000000180. The highest BCUT2D eigenvalue weighted by Gasteiger charge is 1.78. The van der Waals surface area contributed by atoms with Crippen molar-refractivity contribution in [3.63, 3.8) is 0 Å². The normalized spacial score (nSPS) is 7.33. The number of hydrogen-bond acceptors (Lipinski definition) is 2. The highest BCUT2D eigenvalue weighted by atomic mass is 35.5. The fraction of sp³-hybridized carbons (Fsp3) is 1.00. The Hall–Kier alpha value is 0.500. The summed E-state index contributed by atoms with van der Waals surface area (Å²) < 4.78 is 0. The number of unbranched alkanes of at least 4 members (excludes halogenated alkanes) is 1. The average Bonchev–Trinajstić information content (AvgIpc) is 1.69. The van der Waals surface area contributed by atoms with Crippen LogP contribution in [0.4, 0.5) is 0 Å². The van der Waals surface area contributed by atoms with Gasteiger partial charge in [-0.2, -0.15) is 0 Å². The van der Waals surface area contributed by atoms with Gasteiger partial charge in [0.1, 0.15) is 0 Å². The zero-order chi connectivity index (χ0) is 5.54. The first-order valence-electron chi connectivity index (χ1n) is 2.76. The molecule has 0 aliphatic rings. The van der Waals surface area contributed by atoms with Crippen LogP contribution in [0.15, 0.2) is 0 Å². The molecule has 0 saturated carbocycles. The topological polar surface area (TPSA) is 38.0 Å². The molecule has 0 amide bonds. The van der Waals surface area contributed by atoms with Crippen LogP contribution in [0.25, 0.3) is 0 Å². The van der Waals surface area contributed by atoms with Gasteiger partial charge >= 0.3 is 0 Å². The maximum absolute atomic E-state index is 5.24. The first kappa shape index (κ1) is 16.2. The van der Waals surface area contributed by atoms with E-state index in [9.17, 15) is 0 Å². The molecule has 0 aliphatic heterocycles. The molecule has 3 N–H and O–H groups in total. The van der Waals surface area contributed by atoms with Crippen molar-refractivity contribution in [2.24, 2.45) is 5.73 Å². The first-order valence-corrected chi connectivity index (χ1v) is 2.76. The zero-order valence-electron chi connectivity index (χ0n) is 5.72. The van der Waals surface area contributed by atoms with Gasteiger partial charge in [0.15, 0.2) is 0 Å².